The molecule has 0 saturated carbocycles. The largest absolute Gasteiger partial charge is 0.348 e. The lowest BCUT2D eigenvalue weighted by Gasteiger charge is -2.39. The van der Waals surface area contributed by atoms with Gasteiger partial charge in [-0.05, 0) is 37.1 Å². The zero-order valence-corrected chi connectivity index (χ0v) is 14.8. The standard InChI is InChI=1S/C16H25N7O2/c1-3-22-11-13(10-17-22)12-23-15(18-19-20-23)21-6-4-14(5-7-21)16(2)24-8-9-25-16/h10-11,14H,3-9,12H2,1-2H3. The summed E-state index contributed by atoms with van der Waals surface area (Å²) in [5.41, 5.74) is 1.10. The molecule has 25 heavy (non-hydrogen) atoms. The minimum absolute atomic E-state index is 0.415. The molecule has 0 spiro atoms. The highest BCUT2D eigenvalue weighted by atomic mass is 16.7. The van der Waals surface area contributed by atoms with Crippen LogP contribution in [0.15, 0.2) is 12.4 Å². The third-order valence-electron chi connectivity index (χ3n) is 5.24. The molecular formula is C16H25N7O2. The molecule has 0 amide bonds. The van der Waals surface area contributed by atoms with Gasteiger partial charge in [0.05, 0.1) is 26.0 Å². The lowest BCUT2D eigenvalue weighted by atomic mass is 9.89. The number of tetrazole rings is 1. The van der Waals surface area contributed by atoms with Crippen molar-refractivity contribution in [3.8, 4) is 0 Å². The van der Waals surface area contributed by atoms with Crippen LogP contribution in [0.25, 0.3) is 0 Å². The number of piperidine rings is 1. The van der Waals surface area contributed by atoms with Crippen LogP contribution in [0.1, 0.15) is 32.3 Å². The maximum atomic E-state index is 5.83. The van der Waals surface area contributed by atoms with E-state index in [4.69, 9.17) is 9.47 Å². The highest BCUT2D eigenvalue weighted by Gasteiger charge is 2.41. The molecule has 9 heteroatoms. The van der Waals surface area contributed by atoms with Crippen molar-refractivity contribution >= 4 is 5.95 Å². The fourth-order valence-electron chi connectivity index (χ4n) is 3.73. The summed E-state index contributed by atoms with van der Waals surface area (Å²) in [6, 6.07) is 0. The quantitative estimate of drug-likeness (QED) is 0.795. The smallest absolute Gasteiger partial charge is 0.245 e. The third-order valence-corrected chi connectivity index (χ3v) is 5.24. The van der Waals surface area contributed by atoms with E-state index in [2.05, 4.69) is 39.4 Å². The van der Waals surface area contributed by atoms with Crippen LogP contribution in [0.5, 0.6) is 0 Å². The normalized spacial score (nSPS) is 21.1. The first-order valence-corrected chi connectivity index (χ1v) is 8.98. The van der Waals surface area contributed by atoms with Crippen LogP contribution in [-0.4, -0.2) is 62.1 Å². The molecule has 0 radical (unpaired) electrons. The van der Waals surface area contributed by atoms with E-state index in [0.717, 1.165) is 44.0 Å². The van der Waals surface area contributed by atoms with Gasteiger partial charge in [-0.3, -0.25) is 4.68 Å². The molecule has 2 aromatic rings. The highest BCUT2D eigenvalue weighted by Crippen LogP contribution is 2.35. The molecule has 2 fully saturated rings. The van der Waals surface area contributed by atoms with Crippen LogP contribution in [0.3, 0.4) is 0 Å². The van der Waals surface area contributed by atoms with Crippen molar-refractivity contribution in [2.75, 3.05) is 31.2 Å². The maximum absolute atomic E-state index is 5.83. The first-order valence-electron chi connectivity index (χ1n) is 8.98. The van der Waals surface area contributed by atoms with Crippen LogP contribution in [0.4, 0.5) is 5.95 Å². The Morgan fingerprint density at radius 3 is 2.68 bits per heavy atom. The highest BCUT2D eigenvalue weighted by molar-refractivity contribution is 5.29. The van der Waals surface area contributed by atoms with Gasteiger partial charge in [0.1, 0.15) is 0 Å². The summed E-state index contributed by atoms with van der Waals surface area (Å²) in [6.45, 7) is 8.83. The van der Waals surface area contributed by atoms with E-state index >= 15 is 0 Å². The monoisotopic (exact) mass is 347 g/mol. The fraction of sp³-hybridized carbons (Fsp3) is 0.750. The van der Waals surface area contributed by atoms with Crippen LogP contribution in [-0.2, 0) is 22.6 Å². The number of ether oxygens (including phenoxy) is 2. The SMILES string of the molecule is CCn1cc(Cn2nnnc2N2CCC(C3(C)OCCO3)CC2)cn1. The molecule has 0 aromatic carbocycles. The van der Waals surface area contributed by atoms with E-state index < -0.39 is 5.79 Å². The Kier molecular flexibility index (Phi) is 4.43. The van der Waals surface area contributed by atoms with Crippen molar-refractivity contribution in [2.24, 2.45) is 5.92 Å². The first-order chi connectivity index (χ1) is 12.2. The van der Waals surface area contributed by atoms with E-state index in [0.29, 0.717) is 25.7 Å². The van der Waals surface area contributed by atoms with E-state index in [1.54, 1.807) is 0 Å². The molecule has 2 saturated heterocycles. The number of anilines is 1. The lowest BCUT2D eigenvalue weighted by Crippen LogP contribution is -2.45. The summed E-state index contributed by atoms with van der Waals surface area (Å²) in [5, 5.41) is 16.6. The Morgan fingerprint density at radius 1 is 1.24 bits per heavy atom. The number of aromatic nitrogens is 6. The van der Waals surface area contributed by atoms with Crippen LogP contribution in [0, 0.1) is 5.92 Å². The van der Waals surface area contributed by atoms with Gasteiger partial charge in [-0.25, -0.2) is 4.68 Å². The van der Waals surface area contributed by atoms with E-state index in [1.165, 1.54) is 0 Å². The van der Waals surface area contributed by atoms with Crippen molar-refractivity contribution in [3.05, 3.63) is 18.0 Å². The number of nitrogens with zero attached hydrogens (tertiary/aromatic N) is 7. The summed E-state index contributed by atoms with van der Waals surface area (Å²) in [6.07, 6.45) is 5.93. The summed E-state index contributed by atoms with van der Waals surface area (Å²) in [4.78, 5) is 2.25. The average Bonchev–Trinajstić information content (AvgIpc) is 3.37. The van der Waals surface area contributed by atoms with Crippen LogP contribution in [0.2, 0.25) is 0 Å². The summed E-state index contributed by atoms with van der Waals surface area (Å²) in [7, 11) is 0. The molecule has 2 aliphatic heterocycles. The second kappa shape index (κ2) is 6.72. The molecule has 0 atom stereocenters. The Labute approximate surface area is 146 Å². The predicted octanol–water partition coefficient (Wildman–Crippen LogP) is 0.917. The number of hydrogen-bond acceptors (Lipinski definition) is 7. The van der Waals surface area contributed by atoms with E-state index in [-0.39, 0.29) is 0 Å². The van der Waals surface area contributed by atoms with Gasteiger partial charge in [-0.2, -0.15) is 5.10 Å². The lowest BCUT2D eigenvalue weighted by molar-refractivity contribution is -0.185. The van der Waals surface area contributed by atoms with Crippen molar-refractivity contribution in [1.82, 2.24) is 30.0 Å². The maximum Gasteiger partial charge on any atom is 0.245 e. The van der Waals surface area contributed by atoms with Crippen molar-refractivity contribution in [1.29, 1.82) is 0 Å². The third kappa shape index (κ3) is 3.25. The second-order valence-electron chi connectivity index (χ2n) is 6.82. The Morgan fingerprint density at radius 2 is 2.00 bits per heavy atom. The summed E-state index contributed by atoms with van der Waals surface area (Å²) < 4.78 is 15.4. The van der Waals surface area contributed by atoms with Gasteiger partial charge in [0, 0.05) is 37.3 Å². The van der Waals surface area contributed by atoms with Gasteiger partial charge in [0.15, 0.2) is 5.79 Å². The number of rotatable bonds is 5. The Hall–Kier alpha value is -2.00. The molecule has 9 nitrogen and oxygen atoms in total. The predicted molar refractivity (Wildman–Crippen MR) is 90.1 cm³/mol. The fourth-order valence-corrected chi connectivity index (χ4v) is 3.73. The van der Waals surface area contributed by atoms with Gasteiger partial charge in [-0.15, -0.1) is 0 Å². The molecule has 0 aliphatic carbocycles. The molecule has 2 aromatic heterocycles. The summed E-state index contributed by atoms with van der Waals surface area (Å²) in [5.74, 6) is 0.812. The Balaban J connectivity index is 1.41. The van der Waals surface area contributed by atoms with Crippen LogP contribution >= 0.6 is 0 Å². The topological polar surface area (TPSA) is 83.1 Å². The van der Waals surface area contributed by atoms with Crippen molar-refractivity contribution in [2.45, 2.75) is 45.6 Å². The molecule has 0 bridgehead atoms. The molecule has 4 rings (SSSR count). The first kappa shape index (κ1) is 16.5. The van der Waals surface area contributed by atoms with Gasteiger partial charge < -0.3 is 14.4 Å². The van der Waals surface area contributed by atoms with Gasteiger partial charge in [-0.1, -0.05) is 5.10 Å². The number of hydrogen-bond donors (Lipinski definition) is 0. The molecular weight excluding hydrogens is 322 g/mol. The second-order valence-corrected chi connectivity index (χ2v) is 6.82. The van der Waals surface area contributed by atoms with Gasteiger partial charge in [0.2, 0.25) is 5.95 Å². The molecule has 0 N–H and O–H groups in total. The molecule has 2 aliphatic rings. The van der Waals surface area contributed by atoms with E-state index in [1.807, 2.05) is 21.8 Å². The van der Waals surface area contributed by atoms with Crippen molar-refractivity contribution < 1.29 is 9.47 Å². The minimum atomic E-state index is -0.424. The van der Waals surface area contributed by atoms with E-state index in [9.17, 15) is 0 Å². The zero-order chi connectivity index (χ0) is 17.3. The van der Waals surface area contributed by atoms with Gasteiger partial charge in [0.25, 0.3) is 0 Å². The zero-order valence-electron chi connectivity index (χ0n) is 14.8. The molecule has 136 valence electrons. The summed E-state index contributed by atoms with van der Waals surface area (Å²) >= 11 is 0. The molecule has 4 heterocycles. The van der Waals surface area contributed by atoms with Crippen molar-refractivity contribution in [3.63, 3.8) is 0 Å². The van der Waals surface area contributed by atoms with Crippen LogP contribution < -0.4 is 4.90 Å². The van der Waals surface area contributed by atoms with Gasteiger partial charge >= 0.3 is 0 Å². The molecule has 0 unspecified atom stereocenters. The average molecular weight is 347 g/mol. The Bertz CT molecular complexity index is 699. The number of aryl methyl sites for hydroxylation is 1. The minimum Gasteiger partial charge on any atom is -0.348 e.